The van der Waals surface area contributed by atoms with E-state index in [1.807, 2.05) is 6.07 Å². The number of nitrogens with zero attached hydrogens (tertiary/aromatic N) is 1. The lowest BCUT2D eigenvalue weighted by atomic mass is 9.87. The number of rotatable bonds is 3. The Morgan fingerprint density at radius 3 is 2.62 bits per heavy atom. The van der Waals surface area contributed by atoms with Gasteiger partial charge in [-0.2, -0.15) is 0 Å². The molecule has 1 aromatic carbocycles. The van der Waals surface area contributed by atoms with Gasteiger partial charge in [-0.1, -0.05) is 33.8 Å². The highest BCUT2D eigenvalue weighted by Gasteiger charge is 2.24. The van der Waals surface area contributed by atoms with Crippen LogP contribution in [-0.4, -0.2) is 22.9 Å². The molecule has 0 aliphatic rings. The number of benzene rings is 1. The first-order valence-electron chi connectivity index (χ1n) is 7.21. The summed E-state index contributed by atoms with van der Waals surface area (Å²) >= 11 is 0. The third-order valence-electron chi connectivity index (χ3n) is 3.88. The fourth-order valence-corrected chi connectivity index (χ4v) is 2.28. The average molecular weight is 288 g/mol. The third kappa shape index (κ3) is 3.08. The van der Waals surface area contributed by atoms with Gasteiger partial charge in [0.1, 0.15) is 5.82 Å². The molecule has 0 unspecified atom stereocenters. The van der Waals surface area contributed by atoms with Gasteiger partial charge in [0.25, 0.3) is 0 Å². The van der Waals surface area contributed by atoms with E-state index in [9.17, 15) is 4.79 Å². The summed E-state index contributed by atoms with van der Waals surface area (Å²) < 4.78 is 0. The van der Waals surface area contributed by atoms with Gasteiger partial charge in [0.15, 0.2) is 0 Å². The molecule has 0 saturated heterocycles. The minimum absolute atomic E-state index is 0.0742. The standard InChI is InChI=1S/C16H24N4O/c1-9(15(21)18-5)13(17)14-19-11-7-6-10(16(2,3)4)8-12(11)20-14/h6-9,13H,17H2,1-5H3,(H,18,21)(H,19,20)/t9-,13+/m1/s1. The van der Waals surface area contributed by atoms with Crippen LogP contribution in [0.4, 0.5) is 0 Å². The minimum Gasteiger partial charge on any atom is -0.359 e. The van der Waals surface area contributed by atoms with Crippen LogP contribution < -0.4 is 11.1 Å². The lowest BCUT2D eigenvalue weighted by Crippen LogP contribution is -2.33. The molecule has 0 bridgehead atoms. The van der Waals surface area contributed by atoms with Gasteiger partial charge >= 0.3 is 0 Å². The summed E-state index contributed by atoms with van der Waals surface area (Å²) in [6.45, 7) is 8.31. The molecule has 0 fully saturated rings. The molecule has 5 nitrogen and oxygen atoms in total. The van der Waals surface area contributed by atoms with Gasteiger partial charge < -0.3 is 16.0 Å². The molecule has 114 valence electrons. The van der Waals surface area contributed by atoms with Crippen molar-refractivity contribution in [2.24, 2.45) is 11.7 Å². The van der Waals surface area contributed by atoms with Crippen LogP contribution in [0.1, 0.15) is 45.1 Å². The summed E-state index contributed by atoms with van der Waals surface area (Å²) in [5.41, 5.74) is 9.27. The molecule has 4 N–H and O–H groups in total. The zero-order valence-corrected chi connectivity index (χ0v) is 13.3. The van der Waals surface area contributed by atoms with Gasteiger partial charge in [0, 0.05) is 7.05 Å². The average Bonchev–Trinajstić information content (AvgIpc) is 2.86. The van der Waals surface area contributed by atoms with Crippen LogP contribution in [0, 0.1) is 5.92 Å². The lowest BCUT2D eigenvalue weighted by Gasteiger charge is -2.18. The van der Waals surface area contributed by atoms with Gasteiger partial charge in [-0.25, -0.2) is 4.98 Å². The van der Waals surface area contributed by atoms with Gasteiger partial charge in [-0.15, -0.1) is 0 Å². The van der Waals surface area contributed by atoms with E-state index in [1.54, 1.807) is 14.0 Å². The van der Waals surface area contributed by atoms with Gasteiger partial charge in [0.05, 0.1) is 23.0 Å². The summed E-state index contributed by atoms with van der Waals surface area (Å²) in [4.78, 5) is 19.5. The molecule has 1 heterocycles. The van der Waals surface area contributed by atoms with Crippen molar-refractivity contribution in [2.75, 3.05) is 7.05 Å². The molecule has 1 amide bonds. The van der Waals surface area contributed by atoms with Crippen molar-refractivity contribution in [2.45, 2.75) is 39.2 Å². The number of aromatic amines is 1. The fourth-order valence-electron chi connectivity index (χ4n) is 2.28. The molecule has 0 aliphatic carbocycles. The predicted molar refractivity (Wildman–Crippen MR) is 85.0 cm³/mol. The van der Waals surface area contributed by atoms with Crippen molar-refractivity contribution in [3.63, 3.8) is 0 Å². The first-order chi connectivity index (χ1) is 9.74. The van der Waals surface area contributed by atoms with Crippen LogP contribution in [0.25, 0.3) is 11.0 Å². The SMILES string of the molecule is CNC(=O)[C@H](C)[C@H](N)c1nc2cc(C(C)(C)C)ccc2[nH]1. The molecular weight excluding hydrogens is 264 g/mol. The molecule has 2 atom stereocenters. The molecule has 21 heavy (non-hydrogen) atoms. The largest absolute Gasteiger partial charge is 0.359 e. The van der Waals surface area contributed by atoms with Crippen molar-refractivity contribution >= 4 is 16.9 Å². The van der Waals surface area contributed by atoms with Crippen molar-refractivity contribution < 1.29 is 4.79 Å². The molecule has 0 radical (unpaired) electrons. The van der Waals surface area contributed by atoms with Crippen molar-refractivity contribution in [3.05, 3.63) is 29.6 Å². The number of imidazole rings is 1. The first kappa shape index (κ1) is 15.5. The van der Waals surface area contributed by atoms with E-state index in [-0.39, 0.29) is 17.2 Å². The summed E-state index contributed by atoms with van der Waals surface area (Å²) in [5.74, 6) is 0.225. The quantitative estimate of drug-likeness (QED) is 0.810. The minimum atomic E-state index is -0.449. The number of H-pyrrole nitrogens is 1. The van der Waals surface area contributed by atoms with E-state index < -0.39 is 6.04 Å². The highest BCUT2D eigenvalue weighted by atomic mass is 16.1. The summed E-state index contributed by atoms with van der Waals surface area (Å²) in [5, 5.41) is 2.62. The molecule has 0 spiro atoms. The van der Waals surface area contributed by atoms with Gasteiger partial charge in [-0.3, -0.25) is 4.79 Å². The highest BCUT2D eigenvalue weighted by Crippen LogP contribution is 2.26. The zero-order chi connectivity index (χ0) is 15.8. The van der Waals surface area contributed by atoms with E-state index in [0.29, 0.717) is 5.82 Å². The van der Waals surface area contributed by atoms with Crippen molar-refractivity contribution in [1.82, 2.24) is 15.3 Å². The Kier molecular flexibility index (Phi) is 4.05. The van der Waals surface area contributed by atoms with Crippen LogP contribution in [0.3, 0.4) is 0 Å². The number of carbonyl (C=O) groups is 1. The maximum absolute atomic E-state index is 11.7. The van der Waals surface area contributed by atoms with Crippen molar-refractivity contribution in [3.8, 4) is 0 Å². The van der Waals surface area contributed by atoms with E-state index in [0.717, 1.165) is 11.0 Å². The third-order valence-corrected chi connectivity index (χ3v) is 3.88. The molecule has 2 rings (SSSR count). The van der Waals surface area contributed by atoms with Crippen LogP contribution in [0.2, 0.25) is 0 Å². The van der Waals surface area contributed by atoms with Crippen LogP contribution in [-0.2, 0) is 10.2 Å². The molecule has 0 saturated carbocycles. The smallest absolute Gasteiger partial charge is 0.224 e. The Balaban J connectivity index is 2.37. The number of fused-ring (bicyclic) bond motifs is 1. The van der Waals surface area contributed by atoms with E-state index >= 15 is 0 Å². The van der Waals surface area contributed by atoms with E-state index in [1.165, 1.54) is 5.56 Å². The van der Waals surface area contributed by atoms with E-state index in [4.69, 9.17) is 5.73 Å². The Bertz CT molecular complexity index is 654. The Labute approximate surface area is 125 Å². The fraction of sp³-hybridized carbons (Fsp3) is 0.500. The number of hydrogen-bond acceptors (Lipinski definition) is 3. The van der Waals surface area contributed by atoms with Gasteiger partial charge in [-0.05, 0) is 23.1 Å². The van der Waals surface area contributed by atoms with Gasteiger partial charge in [0.2, 0.25) is 5.91 Å². The number of hydrogen-bond donors (Lipinski definition) is 3. The maximum Gasteiger partial charge on any atom is 0.224 e. The zero-order valence-electron chi connectivity index (χ0n) is 13.3. The maximum atomic E-state index is 11.7. The van der Waals surface area contributed by atoms with Crippen molar-refractivity contribution in [1.29, 1.82) is 0 Å². The lowest BCUT2D eigenvalue weighted by molar-refractivity contribution is -0.124. The monoisotopic (exact) mass is 288 g/mol. The molecule has 2 aromatic rings. The normalized spacial score (nSPS) is 15.0. The molecule has 1 aromatic heterocycles. The number of amides is 1. The Hall–Kier alpha value is -1.88. The second kappa shape index (κ2) is 5.48. The Morgan fingerprint density at radius 2 is 2.05 bits per heavy atom. The van der Waals surface area contributed by atoms with Crippen LogP contribution in [0.5, 0.6) is 0 Å². The molecular formula is C16H24N4O. The second-order valence-corrected chi connectivity index (χ2v) is 6.53. The van der Waals surface area contributed by atoms with Crippen LogP contribution >= 0.6 is 0 Å². The van der Waals surface area contributed by atoms with Crippen LogP contribution in [0.15, 0.2) is 18.2 Å². The molecule has 5 heteroatoms. The number of carbonyl (C=O) groups excluding carboxylic acids is 1. The second-order valence-electron chi connectivity index (χ2n) is 6.53. The summed E-state index contributed by atoms with van der Waals surface area (Å²) in [6.07, 6.45) is 0. The van der Waals surface area contributed by atoms with E-state index in [2.05, 4.69) is 48.2 Å². The number of nitrogens with two attached hydrogens (primary N) is 1. The molecule has 0 aliphatic heterocycles. The predicted octanol–water partition coefficient (Wildman–Crippen LogP) is 2.24. The Morgan fingerprint density at radius 1 is 1.38 bits per heavy atom. The topological polar surface area (TPSA) is 83.8 Å². The summed E-state index contributed by atoms with van der Waals surface area (Å²) in [6, 6.07) is 5.74. The first-order valence-corrected chi connectivity index (χ1v) is 7.21. The highest BCUT2D eigenvalue weighted by molar-refractivity contribution is 5.79. The summed E-state index contributed by atoms with van der Waals surface area (Å²) in [7, 11) is 1.61. The number of nitrogens with one attached hydrogen (secondary N) is 2. The number of aromatic nitrogens is 2.